The van der Waals surface area contributed by atoms with Crippen molar-refractivity contribution >= 4 is 17.8 Å². The minimum atomic E-state index is -1.26. The van der Waals surface area contributed by atoms with Crippen molar-refractivity contribution in [3.05, 3.63) is 24.2 Å². The summed E-state index contributed by atoms with van der Waals surface area (Å²) in [6, 6.07) is 2.08. The molecule has 96 valence electrons. The molecule has 1 atom stereocenters. The van der Waals surface area contributed by atoms with E-state index in [2.05, 4.69) is 5.32 Å². The second-order valence-corrected chi connectivity index (χ2v) is 4.75. The number of imide groups is 2. The molecule has 4 amide bonds. The van der Waals surface area contributed by atoms with Crippen LogP contribution in [0.15, 0.2) is 22.8 Å². The topological polar surface area (TPSA) is 79.6 Å². The zero-order valence-corrected chi connectivity index (χ0v) is 10.4. The van der Waals surface area contributed by atoms with E-state index in [1.54, 1.807) is 19.1 Å². The number of hydrogen-bond acceptors (Lipinski definition) is 4. The van der Waals surface area contributed by atoms with E-state index in [1.165, 1.54) is 20.1 Å². The van der Waals surface area contributed by atoms with Crippen LogP contribution in [0, 0.1) is 5.41 Å². The number of nitrogens with one attached hydrogen (secondary N) is 1. The number of nitrogens with zero attached hydrogens (tertiary/aromatic N) is 1. The molecule has 1 N–H and O–H groups in total. The Morgan fingerprint density at radius 1 is 1.33 bits per heavy atom. The molecule has 0 aliphatic carbocycles. The molecular weight excluding hydrogens is 236 g/mol. The third-order valence-electron chi connectivity index (χ3n) is 3.10. The van der Waals surface area contributed by atoms with Crippen LogP contribution in [0.4, 0.5) is 4.79 Å². The summed E-state index contributed by atoms with van der Waals surface area (Å²) in [5.41, 5.74) is -1.26. The van der Waals surface area contributed by atoms with Gasteiger partial charge in [0.1, 0.15) is 11.2 Å². The minimum absolute atomic E-state index is 0.489. The van der Waals surface area contributed by atoms with Crippen molar-refractivity contribution in [2.45, 2.75) is 26.8 Å². The summed E-state index contributed by atoms with van der Waals surface area (Å²) in [7, 11) is 0. The lowest BCUT2D eigenvalue weighted by Crippen LogP contribution is -2.62. The van der Waals surface area contributed by atoms with Gasteiger partial charge in [0.05, 0.1) is 12.3 Å². The normalized spacial score (nSPS) is 20.8. The van der Waals surface area contributed by atoms with Gasteiger partial charge in [0, 0.05) is 0 Å². The second kappa shape index (κ2) is 3.97. The van der Waals surface area contributed by atoms with Gasteiger partial charge < -0.3 is 4.42 Å². The number of hydrogen-bond donors (Lipinski definition) is 1. The summed E-state index contributed by atoms with van der Waals surface area (Å²) in [6.45, 7) is 4.64. The van der Waals surface area contributed by atoms with Crippen molar-refractivity contribution in [1.82, 2.24) is 10.2 Å². The molecule has 1 aromatic heterocycles. The maximum atomic E-state index is 12.2. The molecule has 0 saturated carbocycles. The van der Waals surface area contributed by atoms with Gasteiger partial charge in [-0.2, -0.15) is 0 Å². The Balaban J connectivity index is 2.35. The highest BCUT2D eigenvalue weighted by Crippen LogP contribution is 2.30. The first-order valence-corrected chi connectivity index (χ1v) is 5.58. The van der Waals surface area contributed by atoms with Crippen LogP contribution in [-0.4, -0.2) is 22.7 Å². The highest BCUT2D eigenvalue weighted by atomic mass is 16.3. The summed E-state index contributed by atoms with van der Waals surface area (Å²) in [6.07, 6.45) is 1.47. The van der Waals surface area contributed by atoms with Crippen LogP contribution in [0.1, 0.15) is 32.6 Å². The van der Waals surface area contributed by atoms with Crippen molar-refractivity contribution in [3.8, 4) is 0 Å². The summed E-state index contributed by atoms with van der Waals surface area (Å²) in [5, 5.41) is 2.18. The van der Waals surface area contributed by atoms with E-state index in [0.717, 1.165) is 4.90 Å². The van der Waals surface area contributed by atoms with Gasteiger partial charge in [0.2, 0.25) is 11.8 Å². The SMILES string of the molecule is CC(c1ccco1)N1C(=O)NC(=O)C(C)(C)C1=O. The Kier molecular flexibility index (Phi) is 2.73. The van der Waals surface area contributed by atoms with Crippen LogP contribution in [0.3, 0.4) is 0 Å². The van der Waals surface area contributed by atoms with Gasteiger partial charge in [-0.05, 0) is 32.9 Å². The lowest BCUT2D eigenvalue weighted by molar-refractivity contribution is -0.150. The zero-order valence-electron chi connectivity index (χ0n) is 10.4. The fourth-order valence-electron chi connectivity index (χ4n) is 1.81. The highest BCUT2D eigenvalue weighted by Gasteiger charge is 2.49. The quantitative estimate of drug-likeness (QED) is 0.805. The summed E-state index contributed by atoms with van der Waals surface area (Å²) >= 11 is 0. The number of furan rings is 1. The number of carbonyl (C=O) groups excluding carboxylic acids is 3. The first-order valence-electron chi connectivity index (χ1n) is 5.58. The number of carbonyl (C=O) groups is 3. The standard InChI is InChI=1S/C12H14N2O4/c1-7(8-5-4-6-18-8)14-10(16)12(2,3)9(15)13-11(14)17/h4-7H,1-3H3,(H,13,15,17). The highest BCUT2D eigenvalue weighted by molar-refractivity contribution is 6.18. The molecule has 0 radical (unpaired) electrons. The van der Waals surface area contributed by atoms with Crippen molar-refractivity contribution in [2.75, 3.05) is 0 Å². The van der Waals surface area contributed by atoms with Crippen LogP contribution in [0.25, 0.3) is 0 Å². The van der Waals surface area contributed by atoms with Crippen LogP contribution >= 0.6 is 0 Å². The monoisotopic (exact) mass is 250 g/mol. The van der Waals surface area contributed by atoms with E-state index in [9.17, 15) is 14.4 Å². The maximum Gasteiger partial charge on any atom is 0.331 e. The van der Waals surface area contributed by atoms with E-state index < -0.39 is 29.3 Å². The molecule has 18 heavy (non-hydrogen) atoms. The molecule has 1 aliphatic heterocycles. The molecular formula is C12H14N2O4. The van der Waals surface area contributed by atoms with E-state index in [1.807, 2.05) is 0 Å². The lowest BCUT2D eigenvalue weighted by Gasteiger charge is -2.37. The molecule has 1 saturated heterocycles. The summed E-state index contributed by atoms with van der Waals surface area (Å²) < 4.78 is 5.18. The largest absolute Gasteiger partial charge is 0.467 e. The molecule has 6 nitrogen and oxygen atoms in total. The van der Waals surface area contributed by atoms with Crippen LogP contribution in [0.5, 0.6) is 0 Å². The molecule has 1 fully saturated rings. The molecule has 2 rings (SSSR count). The first kappa shape index (κ1) is 12.3. The van der Waals surface area contributed by atoms with E-state index >= 15 is 0 Å². The number of rotatable bonds is 2. The van der Waals surface area contributed by atoms with E-state index in [4.69, 9.17) is 4.42 Å². The predicted molar refractivity (Wildman–Crippen MR) is 61.3 cm³/mol. The minimum Gasteiger partial charge on any atom is -0.467 e. The number of urea groups is 1. The Labute approximate surface area is 104 Å². The van der Waals surface area contributed by atoms with Gasteiger partial charge >= 0.3 is 6.03 Å². The molecule has 1 unspecified atom stereocenters. The zero-order chi connectivity index (χ0) is 13.5. The van der Waals surface area contributed by atoms with Gasteiger partial charge in [0.15, 0.2) is 0 Å². The Morgan fingerprint density at radius 2 is 2.00 bits per heavy atom. The van der Waals surface area contributed by atoms with Crippen molar-refractivity contribution in [1.29, 1.82) is 0 Å². The van der Waals surface area contributed by atoms with Crippen LogP contribution < -0.4 is 5.32 Å². The fourth-order valence-corrected chi connectivity index (χ4v) is 1.81. The predicted octanol–water partition coefficient (Wildman–Crippen LogP) is 1.45. The molecule has 6 heteroatoms. The lowest BCUT2D eigenvalue weighted by atomic mass is 9.88. The Bertz CT molecular complexity index is 504. The van der Waals surface area contributed by atoms with Crippen LogP contribution in [0.2, 0.25) is 0 Å². The molecule has 0 aromatic carbocycles. The fraction of sp³-hybridized carbons (Fsp3) is 0.417. The van der Waals surface area contributed by atoms with Gasteiger partial charge in [-0.1, -0.05) is 0 Å². The number of barbiturate groups is 1. The number of amides is 4. The van der Waals surface area contributed by atoms with Crippen LogP contribution in [-0.2, 0) is 9.59 Å². The van der Waals surface area contributed by atoms with Gasteiger partial charge in [-0.25, -0.2) is 4.79 Å². The van der Waals surface area contributed by atoms with Crippen molar-refractivity contribution in [3.63, 3.8) is 0 Å². The van der Waals surface area contributed by atoms with E-state index in [-0.39, 0.29) is 0 Å². The molecule has 2 heterocycles. The molecule has 1 aliphatic rings. The smallest absolute Gasteiger partial charge is 0.331 e. The van der Waals surface area contributed by atoms with Crippen molar-refractivity contribution < 1.29 is 18.8 Å². The third kappa shape index (κ3) is 1.70. The van der Waals surface area contributed by atoms with Gasteiger partial charge in [-0.3, -0.25) is 19.8 Å². The Morgan fingerprint density at radius 3 is 2.56 bits per heavy atom. The average molecular weight is 250 g/mol. The van der Waals surface area contributed by atoms with E-state index in [0.29, 0.717) is 5.76 Å². The average Bonchev–Trinajstić information content (AvgIpc) is 2.80. The van der Waals surface area contributed by atoms with Crippen molar-refractivity contribution in [2.24, 2.45) is 5.41 Å². The maximum absolute atomic E-state index is 12.2. The molecule has 1 aromatic rings. The summed E-state index contributed by atoms with van der Waals surface area (Å²) in [5.74, 6) is -0.621. The third-order valence-corrected chi connectivity index (χ3v) is 3.10. The van der Waals surface area contributed by atoms with Gasteiger partial charge in [0.25, 0.3) is 0 Å². The first-order chi connectivity index (χ1) is 8.35. The molecule has 0 bridgehead atoms. The Hall–Kier alpha value is -2.11. The second-order valence-electron chi connectivity index (χ2n) is 4.75. The summed E-state index contributed by atoms with van der Waals surface area (Å²) in [4.78, 5) is 36.6. The van der Waals surface area contributed by atoms with Gasteiger partial charge in [-0.15, -0.1) is 0 Å². The molecule has 0 spiro atoms.